The van der Waals surface area contributed by atoms with Gasteiger partial charge in [-0.3, -0.25) is 19.5 Å². The van der Waals surface area contributed by atoms with Crippen LogP contribution in [0.15, 0.2) is 24.5 Å². The van der Waals surface area contributed by atoms with Crippen LogP contribution in [0.3, 0.4) is 0 Å². The molecule has 1 aromatic rings. The molecule has 0 aliphatic rings. The standard InChI is InChI=1S/C15H23N3O3/c1-3-12(2)17-14(19)11-18(8-6-15(20)21)10-13-5-4-7-16-9-13/h4-5,7,9,12H,3,6,8,10-11H2,1-2H3,(H,17,19)(H,20,21). The Kier molecular flexibility index (Phi) is 7.39. The van der Waals surface area contributed by atoms with Crippen molar-refractivity contribution in [3.05, 3.63) is 30.1 Å². The molecule has 0 aliphatic carbocycles. The lowest BCUT2D eigenvalue weighted by Crippen LogP contribution is -2.41. The number of amides is 1. The third kappa shape index (κ3) is 7.41. The lowest BCUT2D eigenvalue weighted by Gasteiger charge is -2.22. The maximum Gasteiger partial charge on any atom is 0.304 e. The number of carboxylic acids is 1. The second kappa shape index (κ2) is 9.07. The molecule has 1 amide bonds. The molecule has 116 valence electrons. The zero-order valence-electron chi connectivity index (χ0n) is 12.6. The first kappa shape index (κ1) is 17.1. The van der Waals surface area contributed by atoms with Crippen molar-refractivity contribution in [3.63, 3.8) is 0 Å². The van der Waals surface area contributed by atoms with Gasteiger partial charge in [-0.1, -0.05) is 13.0 Å². The van der Waals surface area contributed by atoms with E-state index in [-0.39, 0.29) is 24.9 Å². The van der Waals surface area contributed by atoms with Crippen LogP contribution in [-0.4, -0.2) is 46.0 Å². The van der Waals surface area contributed by atoms with Crippen molar-refractivity contribution >= 4 is 11.9 Å². The largest absolute Gasteiger partial charge is 0.481 e. The highest BCUT2D eigenvalue weighted by Crippen LogP contribution is 2.04. The molecule has 6 heteroatoms. The lowest BCUT2D eigenvalue weighted by molar-refractivity contribution is -0.137. The molecule has 1 rings (SSSR count). The van der Waals surface area contributed by atoms with Gasteiger partial charge >= 0.3 is 5.97 Å². The minimum atomic E-state index is -0.867. The predicted molar refractivity (Wildman–Crippen MR) is 79.7 cm³/mol. The first-order valence-corrected chi connectivity index (χ1v) is 7.13. The number of carboxylic acid groups (broad SMARTS) is 1. The van der Waals surface area contributed by atoms with Crippen molar-refractivity contribution in [3.8, 4) is 0 Å². The average Bonchev–Trinajstić information content (AvgIpc) is 2.45. The van der Waals surface area contributed by atoms with E-state index in [1.165, 1.54) is 0 Å². The van der Waals surface area contributed by atoms with E-state index < -0.39 is 5.97 Å². The number of nitrogens with zero attached hydrogens (tertiary/aromatic N) is 2. The van der Waals surface area contributed by atoms with Crippen LogP contribution in [0.1, 0.15) is 32.3 Å². The molecule has 0 fully saturated rings. The summed E-state index contributed by atoms with van der Waals surface area (Å²) < 4.78 is 0. The normalized spacial score (nSPS) is 12.1. The van der Waals surface area contributed by atoms with Gasteiger partial charge in [0.15, 0.2) is 0 Å². The molecular weight excluding hydrogens is 270 g/mol. The van der Waals surface area contributed by atoms with Gasteiger partial charge in [-0.2, -0.15) is 0 Å². The third-order valence-electron chi connectivity index (χ3n) is 3.16. The molecule has 0 aliphatic heterocycles. The number of carbonyl (C=O) groups excluding carboxylic acids is 1. The van der Waals surface area contributed by atoms with Crippen molar-refractivity contribution in [2.45, 2.75) is 39.3 Å². The minimum absolute atomic E-state index is 0.0108. The molecule has 2 N–H and O–H groups in total. The van der Waals surface area contributed by atoms with Gasteiger partial charge in [-0.15, -0.1) is 0 Å². The second-order valence-electron chi connectivity index (χ2n) is 5.09. The fraction of sp³-hybridized carbons (Fsp3) is 0.533. The molecular formula is C15H23N3O3. The van der Waals surface area contributed by atoms with Crippen LogP contribution in [0, 0.1) is 0 Å². The van der Waals surface area contributed by atoms with Crippen LogP contribution < -0.4 is 5.32 Å². The molecule has 21 heavy (non-hydrogen) atoms. The van der Waals surface area contributed by atoms with E-state index in [0.29, 0.717) is 13.1 Å². The molecule has 1 atom stereocenters. The SMILES string of the molecule is CCC(C)NC(=O)CN(CCC(=O)O)Cc1cccnc1. The zero-order chi connectivity index (χ0) is 15.7. The van der Waals surface area contributed by atoms with Gasteiger partial charge < -0.3 is 10.4 Å². The summed E-state index contributed by atoms with van der Waals surface area (Å²) in [7, 11) is 0. The average molecular weight is 293 g/mol. The Hall–Kier alpha value is -1.95. The summed E-state index contributed by atoms with van der Waals surface area (Å²) in [5, 5.41) is 11.7. The Balaban J connectivity index is 2.59. The summed E-state index contributed by atoms with van der Waals surface area (Å²) in [5.74, 6) is -0.952. The Labute approximate surface area is 125 Å². The number of carbonyl (C=O) groups is 2. The maximum absolute atomic E-state index is 11.9. The minimum Gasteiger partial charge on any atom is -0.481 e. The van der Waals surface area contributed by atoms with E-state index in [0.717, 1.165) is 12.0 Å². The first-order chi connectivity index (χ1) is 10.0. The summed E-state index contributed by atoms with van der Waals surface area (Å²) in [6.07, 6.45) is 4.28. The van der Waals surface area contributed by atoms with E-state index >= 15 is 0 Å². The summed E-state index contributed by atoms with van der Waals surface area (Å²) in [4.78, 5) is 28.5. The second-order valence-corrected chi connectivity index (χ2v) is 5.09. The molecule has 0 aromatic carbocycles. The molecule has 1 aromatic heterocycles. The highest BCUT2D eigenvalue weighted by molar-refractivity contribution is 5.78. The van der Waals surface area contributed by atoms with Crippen LogP contribution in [-0.2, 0) is 16.1 Å². The van der Waals surface area contributed by atoms with Gasteiger partial charge in [0.25, 0.3) is 0 Å². The fourth-order valence-electron chi connectivity index (χ4n) is 1.84. The lowest BCUT2D eigenvalue weighted by atomic mass is 10.2. The smallest absolute Gasteiger partial charge is 0.304 e. The maximum atomic E-state index is 11.9. The summed E-state index contributed by atoms with van der Waals surface area (Å²) in [6, 6.07) is 3.86. The van der Waals surface area contributed by atoms with E-state index in [1.807, 2.05) is 30.9 Å². The number of hydrogen-bond acceptors (Lipinski definition) is 4. The number of pyridine rings is 1. The molecule has 0 saturated carbocycles. The first-order valence-electron chi connectivity index (χ1n) is 7.13. The van der Waals surface area contributed by atoms with Gasteiger partial charge in [-0.25, -0.2) is 0 Å². The van der Waals surface area contributed by atoms with Crippen molar-refractivity contribution < 1.29 is 14.7 Å². The van der Waals surface area contributed by atoms with Crippen LogP contribution >= 0.6 is 0 Å². The quantitative estimate of drug-likeness (QED) is 0.716. The van der Waals surface area contributed by atoms with Crippen LogP contribution in [0.4, 0.5) is 0 Å². The topological polar surface area (TPSA) is 82.5 Å². The zero-order valence-corrected chi connectivity index (χ0v) is 12.6. The van der Waals surface area contributed by atoms with Crippen molar-refractivity contribution in [2.75, 3.05) is 13.1 Å². The molecule has 0 spiro atoms. The van der Waals surface area contributed by atoms with Crippen molar-refractivity contribution in [1.29, 1.82) is 0 Å². The van der Waals surface area contributed by atoms with Crippen molar-refractivity contribution in [1.82, 2.24) is 15.2 Å². The molecule has 6 nitrogen and oxygen atoms in total. The van der Waals surface area contributed by atoms with Crippen LogP contribution in [0.2, 0.25) is 0 Å². The molecule has 1 unspecified atom stereocenters. The van der Waals surface area contributed by atoms with E-state index in [4.69, 9.17) is 5.11 Å². The highest BCUT2D eigenvalue weighted by atomic mass is 16.4. The molecule has 0 bridgehead atoms. The van der Waals surface area contributed by atoms with Crippen LogP contribution in [0.25, 0.3) is 0 Å². The monoisotopic (exact) mass is 293 g/mol. The molecule has 1 heterocycles. The Morgan fingerprint density at radius 3 is 2.81 bits per heavy atom. The van der Waals surface area contributed by atoms with E-state index in [1.54, 1.807) is 12.4 Å². The number of nitrogens with one attached hydrogen (secondary N) is 1. The Morgan fingerprint density at radius 1 is 1.48 bits per heavy atom. The molecule has 0 radical (unpaired) electrons. The highest BCUT2D eigenvalue weighted by Gasteiger charge is 2.14. The number of aliphatic carboxylic acids is 1. The number of rotatable bonds is 9. The predicted octanol–water partition coefficient (Wildman–Crippen LogP) is 1.27. The number of hydrogen-bond donors (Lipinski definition) is 2. The molecule has 0 saturated heterocycles. The van der Waals surface area contributed by atoms with Gasteiger partial charge in [-0.05, 0) is 25.0 Å². The van der Waals surface area contributed by atoms with Crippen LogP contribution in [0.5, 0.6) is 0 Å². The van der Waals surface area contributed by atoms with Gasteiger partial charge in [0, 0.05) is 31.5 Å². The van der Waals surface area contributed by atoms with Crippen molar-refractivity contribution in [2.24, 2.45) is 0 Å². The van der Waals surface area contributed by atoms with E-state index in [9.17, 15) is 9.59 Å². The van der Waals surface area contributed by atoms with Gasteiger partial charge in [0.1, 0.15) is 0 Å². The van der Waals surface area contributed by atoms with Gasteiger partial charge in [0.2, 0.25) is 5.91 Å². The Morgan fingerprint density at radius 2 is 2.24 bits per heavy atom. The summed E-state index contributed by atoms with van der Waals surface area (Å²) >= 11 is 0. The Bertz CT molecular complexity index is 451. The van der Waals surface area contributed by atoms with E-state index in [2.05, 4.69) is 10.3 Å². The third-order valence-corrected chi connectivity index (χ3v) is 3.16. The van der Waals surface area contributed by atoms with Gasteiger partial charge in [0.05, 0.1) is 13.0 Å². The summed E-state index contributed by atoms with van der Waals surface area (Å²) in [5.41, 5.74) is 0.958. The number of aromatic nitrogens is 1. The fourth-order valence-corrected chi connectivity index (χ4v) is 1.84. The summed E-state index contributed by atoms with van der Waals surface area (Å²) in [6.45, 7) is 4.98.